The van der Waals surface area contributed by atoms with Gasteiger partial charge in [0.15, 0.2) is 0 Å². The number of carbonyl (C=O) groups is 2. The molecular weight excluding hydrogens is 542 g/mol. The molecule has 8 heteroatoms. The number of morpholine rings is 1. The van der Waals surface area contributed by atoms with Gasteiger partial charge < -0.3 is 24.8 Å². The molecule has 3 aromatic carbocycles. The van der Waals surface area contributed by atoms with Gasteiger partial charge in [0.05, 0.1) is 37.0 Å². The Kier molecular flexibility index (Phi) is 8.42. The molecule has 3 aliphatic rings. The standard InChI is InChI=1S/C35H37N3O5/c1-3-42-34(40)31-30(33(39)37-28-12-8-7-9-24(28)2)29-17-18-35(31,43-29)32(36-27-10-5-4-6-11-27)26-15-13-25(14-16-26)23-38-19-21-41-22-20-38/h4-18,29,32,36H,3,19-23H2,1-2H3,(H,37,39). The number of carbonyl (C=O) groups excluding carboxylic acids is 2. The third-order valence-corrected chi connectivity index (χ3v) is 8.24. The number of rotatable bonds is 10. The van der Waals surface area contributed by atoms with Crippen LogP contribution in [0.1, 0.15) is 29.7 Å². The Morgan fingerprint density at radius 1 is 1.00 bits per heavy atom. The van der Waals surface area contributed by atoms with Crippen LogP contribution in [0.3, 0.4) is 0 Å². The minimum absolute atomic E-state index is 0.173. The van der Waals surface area contributed by atoms with Gasteiger partial charge in [0.25, 0.3) is 5.91 Å². The number of hydrogen-bond acceptors (Lipinski definition) is 7. The topological polar surface area (TPSA) is 89.1 Å². The number of nitrogens with zero attached hydrogens (tertiary/aromatic N) is 1. The molecule has 3 aromatic rings. The van der Waals surface area contributed by atoms with Gasteiger partial charge in [-0.05, 0) is 54.8 Å². The first-order valence-corrected chi connectivity index (χ1v) is 14.8. The lowest BCUT2D eigenvalue weighted by Crippen LogP contribution is -2.42. The monoisotopic (exact) mass is 579 g/mol. The number of nitrogens with one attached hydrogen (secondary N) is 2. The van der Waals surface area contributed by atoms with Crippen LogP contribution in [0.25, 0.3) is 0 Å². The summed E-state index contributed by atoms with van der Waals surface area (Å²) in [5.74, 6) is -0.944. The quantitative estimate of drug-likeness (QED) is 0.253. The number of fused-ring (bicyclic) bond motifs is 2. The van der Waals surface area contributed by atoms with Crippen LogP contribution >= 0.6 is 0 Å². The van der Waals surface area contributed by atoms with E-state index < -0.39 is 23.7 Å². The van der Waals surface area contributed by atoms with E-state index in [0.717, 1.165) is 49.7 Å². The fraction of sp³-hybridized carbons (Fsp3) is 0.314. The number of ether oxygens (including phenoxy) is 3. The van der Waals surface area contributed by atoms with Crippen LogP contribution in [-0.2, 0) is 30.3 Å². The Morgan fingerprint density at radius 2 is 1.72 bits per heavy atom. The van der Waals surface area contributed by atoms with Crippen molar-refractivity contribution in [1.82, 2.24) is 4.90 Å². The lowest BCUT2D eigenvalue weighted by Gasteiger charge is -2.36. The van der Waals surface area contributed by atoms with Gasteiger partial charge in [0.1, 0.15) is 11.7 Å². The number of benzene rings is 3. The Balaban J connectivity index is 1.40. The summed E-state index contributed by atoms with van der Waals surface area (Å²) in [6, 6.07) is 25.2. The smallest absolute Gasteiger partial charge is 0.337 e. The molecular formula is C35H37N3O5. The third-order valence-electron chi connectivity index (χ3n) is 8.24. The van der Waals surface area contributed by atoms with Crippen molar-refractivity contribution in [3.05, 3.63) is 119 Å². The van der Waals surface area contributed by atoms with Gasteiger partial charge in [-0.1, -0.05) is 66.7 Å². The summed E-state index contributed by atoms with van der Waals surface area (Å²) in [5.41, 5.74) is 3.79. The van der Waals surface area contributed by atoms with Crippen LogP contribution in [0.15, 0.2) is 102 Å². The number of hydrogen-bond donors (Lipinski definition) is 2. The molecule has 0 spiro atoms. The molecule has 0 radical (unpaired) electrons. The van der Waals surface area contributed by atoms with Crippen LogP contribution in [0.2, 0.25) is 0 Å². The third kappa shape index (κ3) is 5.86. The maximum Gasteiger partial charge on any atom is 0.337 e. The second kappa shape index (κ2) is 12.6. The molecule has 0 saturated carbocycles. The van der Waals surface area contributed by atoms with Crippen LogP contribution in [-0.4, -0.2) is 61.4 Å². The second-order valence-electron chi connectivity index (χ2n) is 11.0. The first-order valence-electron chi connectivity index (χ1n) is 14.8. The zero-order valence-electron chi connectivity index (χ0n) is 24.5. The van der Waals surface area contributed by atoms with Gasteiger partial charge in [-0.15, -0.1) is 0 Å². The summed E-state index contributed by atoms with van der Waals surface area (Å²) >= 11 is 0. The Bertz CT molecular complexity index is 1530. The van der Waals surface area contributed by atoms with E-state index in [0.29, 0.717) is 5.69 Å². The van der Waals surface area contributed by atoms with Crippen LogP contribution in [0, 0.1) is 6.92 Å². The Morgan fingerprint density at radius 3 is 2.44 bits per heavy atom. The molecule has 3 atom stereocenters. The average molecular weight is 580 g/mol. The minimum atomic E-state index is -1.27. The number of para-hydroxylation sites is 2. The zero-order valence-corrected chi connectivity index (χ0v) is 24.5. The van der Waals surface area contributed by atoms with Crippen molar-refractivity contribution in [1.29, 1.82) is 0 Å². The largest absolute Gasteiger partial charge is 0.463 e. The highest BCUT2D eigenvalue weighted by Crippen LogP contribution is 2.51. The summed E-state index contributed by atoms with van der Waals surface area (Å²) in [4.78, 5) is 29.9. The van der Waals surface area contributed by atoms with Gasteiger partial charge in [-0.2, -0.15) is 0 Å². The van der Waals surface area contributed by atoms with E-state index in [1.165, 1.54) is 5.56 Å². The van der Waals surface area contributed by atoms with E-state index in [-0.39, 0.29) is 23.7 Å². The molecule has 0 aromatic heterocycles. The van der Waals surface area contributed by atoms with E-state index in [4.69, 9.17) is 14.2 Å². The average Bonchev–Trinajstić information content (AvgIpc) is 3.61. The molecule has 222 valence electrons. The molecule has 1 amide bonds. The summed E-state index contributed by atoms with van der Waals surface area (Å²) in [6.45, 7) is 8.00. The van der Waals surface area contributed by atoms with E-state index in [9.17, 15) is 9.59 Å². The highest BCUT2D eigenvalue weighted by atomic mass is 16.5. The van der Waals surface area contributed by atoms with Crippen LogP contribution < -0.4 is 10.6 Å². The number of anilines is 2. The van der Waals surface area contributed by atoms with Crippen molar-refractivity contribution in [2.45, 2.75) is 38.1 Å². The predicted octanol–water partition coefficient (Wildman–Crippen LogP) is 5.19. The fourth-order valence-corrected chi connectivity index (χ4v) is 6.07. The number of esters is 1. The first-order chi connectivity index (χ1) is 21.0. The maximum atomic E-state index is 13.8. The highest BCUT2D eigenvalue weighted by Gasteiger charge is 2.58. The molecule has 8 nitrogen and oxygen atoms in total. The van der Waals surface area contributed by atoms with Gasteiger partial charge in [-0.25, -0.2) is 4.79 Å². The Labute approximate surface area is 252 Å². The molecule has 3 heterocycles. The van der Waals surface area contributed by atoms with Crippen molar-refractivity contribution < 1.29 is 23.8 Å². The number of amides is 1. The van der Waals surface area contributed by atoms with E-state index in [1.807, 2.05) is 73.7 Å². The molecule has 1 saturated heterocycles. The van der Waals surface area contributed by atoms with Gasteiger partial charge in [0, 0.05) is 31.0 Å². The summed E-state index contributed by atoms with van der Waals surface area (Å²) in [5, 5.41) is 6.63. The molecule has 3 unspecified atom stereocenters. The summed E-state index contributed by atoms with van der Waals surface area (Å²) < 4.78 is 17.7. The van der Waals surface area contributed by atoms with E-state index >= 15 is 0 Å². The minimum Gasteiger partial charge on any atom is -0.463 e. The second-order valence-corrected chi connectivity index (χ2v) is 11.0. The van der Waals surface area contributed by atoms with Crippen molar-refractivity contribution in [2.24, 2.45) is 0 Å². The van der Waals surface area contributed by atoms with Crippen molar-refractivity contribution in [3.63, 3.8) is 0 Å². The normalized spacial score (nSPS) is 22.0. The fourth-order valence-electron chi connectivity index (χ4n) is 6.07. The van der Waals surface area contributed by atoms with Crippen LogP contribution in [0.5, 0.6) is 0 Å². The first kappa shape index (κ1) is 28.9. The maximum absolute atomic E-state index is 13.8. The van der Waals surface area contributed by atoms with Crippen molar-refractivity contribution in [2.75, 3.05) is 43.5 Å². The highest BCUT2D eigenvalue weighted by molar-refractivity contribution is 6.12. The van der Waals surface area contributed by atoms with Crippen molar-refractivity contribution >= 4 is 23.3 Å². The van der Waals surface area contributed by atoms with Gasteiger partial charge >= 0.3 is 5.97 Å². The van der Waals surface area contributed by atoms with Gasteiger partial charge in [0.2, 0.25) is 0 Å². The zero-order chi connectivity index (χ0) is 29.8. The summed E-state index contributed by atoms with van der Waals surface area (Å²) in [7, 11) is 0. The van der Waals surface area contributed by atoms with Crippen molar-refractivity contribution in [3.8, 4) is 0 Å². The molecule has 6 rings (SSSR count). The predicted molar refractivity (Wildman–Crippen MR) is 166 cm³/mol. The molecule has 3 aliphatic heterocycles. The molecule has 2 N–H and O–H groups in total. The lowest BCUT2D eigenvalue weighted by atomic mass is 9.78. The molecule has 1 fully saturated rings. The molecule has 2 bridgehead atoms. The van der Waals surface area contributed by atoms with Gasteiger partial charge in [-0.3, -0.25) is 9.69 Å². The Hall–Kier alpha value is -4.24. The lowest BCUT2D eigenvalue weighted by molar-refractivity contribution is -0.140. The number of aryl methyl sites for hydroxylation is 1. The van der Waals surface area contributed by atoms with Crippen LogP contribution in [0.4, 0.5) is 11.4 Å². The van der Waals surface area contributed by atoms with E-state index in [1.54, 1.807) is 6.92 Å². The SMILES string of the molecule is CCOC(=O)C1=C(C(=O)Nc2ccccc2C)C2C=CC1(C(Nc1ccccc1)c1ccc(CN3CCOCC3)cc1)O2. The van der Waals surface area contributed by atoms with E-state index in [2.05, 4.69) is 39.8 Å². The summed E-state index contributed by atoms with van der Waals surface area (Å²) in [6.07, 6.45) is 3.07. The molecule has 0 aliphatic carbocycles. The molecule has 43 heavy (non-hydrogen) atoms.